The van der Waals surface area contributed by atoms with Crippen molar-refractivity contribution in [1.82, 2.24) is 0 Å². The summed E-state index contributed by atoms with van der Waals surface area (Å²) in [5, 5.41) is 0. The molecule has 0 atom stereocenters. The molecule has 0 unspecified atom stereocenters. The Hall–Kier alpha value is -0.680. The Bertz CT molecular complexity index is 1250. The van der Waals surface area contributed by atoms with Gasteiger partial charge < -0.3 is 0 Å². The van der Waals surface area contributed by atoms with Crippen LogP contribution in [0.15, 0.2) is 74.0 Å². The fraction of sp³-hybridized carbons (Fsp3) is 0.143. The molecule has 0 spiro atoms. The molecule has 0 saturated heterocycles. The zero-order chi connectivity index (χ0) is 25.3. The normalized spacial score (nSPS) is 15.0. The Labute approximate surface area is 249 Å². The van der Waals surface area contributed by atoms with E-state index in [4.69, 9.17) is 0 Å². The number of thioether (sulfide) groups is 8. The molecule has 0 aliphatic carbocycles. The van der Waals surface area contributed by atoms with Crippen LogP contribution in [-0.4, -0.2) is 25.0 Å². The highest BCUT2D eigenvalue weighted by Gasteiger charge is 2.20. The Morgan fingerprint density at radius 2 is 0.917 bits per heavy atom. The van der Waals surface area contributed by atoms with Crippen LogP contribution in [0.25, 0.3) is 12.2 Å². The van der Waals surface area contributed by atoms with E-state index >= 15 is 0 Å². The molecule has 182 valence electrons. The first-order chi connectivity index (χ1) is 17.6. The molecule has 0 aromatic heterocycles. The molecule has 0 N–H and O–H groups in total. The summed E-state index contributed by atoms with van der Waals surface area (Å²) in [6.45, 7) is 0. The van der Waals surface area contributed by atoms with Crippen molar-refractivity contribution in [1.29, 1.82) is 0 Å². The molecule has 0 fully saturated rings. The van der Waals surface area contributed by atoms with Crippen LogP contribution >= 0.6 is 94.1 Å². The van der Waals surface area contributed by atoms with Crippen LogP contribution in [0.1, 0.15) is 22.3 Å². The highest BCUT2D eigenvalue weighted by Crippen LogP contribution is 2.57. The van der Waals surface area contributed by atoms with E-state index in [1.807, 2.05) is 106 Å². The third kappa shape index (κ3) is 7.91. The van der Waals surface area contributed by atoms with Crippen LogP contribution < -0.4 is 0 Å². The Balaban J connectivity index is 1.42. The van der Waals surface area contributed by atoms with Gasteiger partial charge in [-0.25, -0.2) is 0 Å². The third-order valence-electron chi connectivity index (χ3n) is 4.67. The lowest BCUT2D eigenvalue weighted by Gasteiger charge is -1.99. The van der Waals surface area contributed by atoms with Crippen molar-refractivity contribution in [3.8, 4) is 23.7 Å². The summed E-state index contributed by atoms with van der Waals surface area (Å²) in [7, 11) is 0. The van der Waals surface area contributed by atoms with Gasteiger partial charge >= 0.3 is 0 Å². The van der Waals surface area contributed by atoms with E-state index < -0.39 is 0 Å². The van der Waals surface area contributed by atoms with Crippen LogP contribution in [0.4, 0.5) is 0 Å². The minimum Gasteiger partial charge on any atom is -0.121 e. The summed E-state index contributed by atoms with van der Waals surface area (Å²) >= 11 is 14.7. The van der Waals surface area contributed by atoms with E-state index in [1.165, 1.54) is 36.5 Å². The van der Waals surface area contributed by atoms with Gasteiger partial charge in [0.25, 0.3) is 0 Å². The summed E-state index contributed by atoms with van der Waals surface area (Å²) in [6.07, 6.45) is 13.0. The molecule has 0 nitrogen and oxygen atoms in total. The Morgan fingerprint density at radius 3 is 1.25 bits per heavy atom. The molecule has 0 radical (unpaired) electrons. The van der Waals surface area contributed by atoms with Gasteiger partial charge in [-0.2, -0.15) is 0 Å². The Kier molecular flexibility index (Phi) is 11.4. The van der Waals surface area contributed by atoms with E-state index in [2.05, 4.69) is 97.3 Å². The monoisotopic (exact) mass is 614 g/mol. The van der Waals surface area contributed by atoms with Crippen molar-refractivity contribution >= 4 is 106 Å². The molecular weight excluding hydrogens is 593 g/mol. The second-order valence-electron chi connectivity index (χ2n) is 7.05. The molecule has 0 amide bonds. The van der Waals surface area contributed by atoms with E-state index in [0.717, 1.165) is 11.1 Å². The van der Waals surface area contributed by atoms with Gasteiger partial charge in [0.2, 0.25) is 0 Å². The summed E-state index contributed by atoms with van der Waals surface area (Å²) in [5.41, 5.74) is 4.29. The molecule has 2 aliphatic heterocycles. The van der Waals surface area contributed by atoms with Crippen LogP contribution in [0.5, 0.6) is 0 Å². The first-order valence-corrected chi connectivity index (χ1v) is 18.8. The molecule has 0 bridgehead atoms. The predicted molar refractivity (Wildman–Crippen MR) is 181 cm³/mol. The average Bonchev–Trinajstić information content (AvgIpc) is 3.49. The van der Waals surface area contributed by atoms with Crippen molar-refractivity contribution in [3.05, 3.63) is 96.2 Å². The van der Waals surface area contributed by atoms with Gasteiger partial charge in [0.1, 0.15) is 0 Å². The van der Waals surface area contributed by atoms with Gasteiger partial charge in [0.05, 0.1) is 25.4 Å². The third-order valence-corrected chi connectivity index (χ3v) is 14.8. The van der Waals surface area contributed by atoms with Crippen molar-refractivity contribution in [3.63, 3.8) is 0 Å². The van der Waals surface area contributed by atoms with Crippen molar-refractivity contribution in [2.75, 3.05) is 25.0 Å². The summed E-state index contributed by atoms with van der Waals surface area (Å²) in [5.74, 6) is 12.5. The maximum Gasteiger partial charge on any atom is 0.0657 e. The minimum atomic E-state index is 0.977. The predicted octanol–water partition coefficient (Wildman–Crippen LogP) is 10.4. The molecule has 4 rings (SSSR count). The van der Waals surface area contributed by atoms with Gasteiger partial charge in [-0.3, -0.25) is 0 Å². The lowest BCUT2D eigenvalue weighted by molar-refractivity contribution is 1.61. The van der Waals surface area contributed by atoms with E-state index in [1.54, 1.807) is 0 Å². The van der Waals surface area contributed by atoms with Crippen molar-refractivity contribution in [2.45, 2.75) is 0 Å². The molecule has 36 heavy (non-hydrogen) atoms. The van der Waals surface area contributed by atoms with Gasteiger partial charge in [0, 0.05) is 11.1 Å². The van der Waals surface area contributed by atoms with Gasteiger partial charge in [0.15, 0.2) is 0 Å². The van der Waals surface area contributed by atoms with Gasteiger partial charge in [-0.1, -0.05) is 83.2 Å². The number of benzene rings is 2. The lowest BCUT2D eigenvalue weighted by Crippen LogP contribution is -1.78. The number of hydrogen-bond donors (Lipinski definition) is 0. The quantitative estimate of drug-likeness (QED) is 0.291. The molecule has 2 aromatic carbocycles. The number of hydrogen-bond acceptors (Lipinski definition) is 8. The van der Waals surface area contributed by atoms with Gasteiger partial charge in [-0.15, -0.1) is 47.0 Å². The second-order valence-corrected chi connectivity index (χ2v) is 16.1. The molecule has 2 heterocycles. The summed E-state index contributed by atoms with van der Waals surface area (Å²) in [6, 6.07) is 16.7. The highest BCUT2D eigenvalue weighted by molar-refractivity contribution is 8.41. The topological polar surface area (TPSA) is 0 Å². The maximum atomic E-state index is 3.20. The fourth-order valence-corrected chi connectivity index (χ4v) is 13.0. The lowest BCUT2D eigenvalue weighted by atomic mass is 10.1. The summed E-state index contributed by atoms with van der Waals surface area (Å²) in [4.78, 5) is 0. The number of rotatable bonds is 6. The van der Waals surface area contributed by atoms with Gasteiger partial charge in [-0.05, 0) is 84.4 Å². The molecule has 2 aromatic rings. The second kappa shape index (κ2) is 14.5. The van der Waals surface area contributed by atoms with Crippen LogP contribution in [0.2, 0.25) is 0 Å². The minimum absolute atomic E-state index is 0.977. The maximum absolute atomic E-state index is 3.20. The van der Waals surface area contributed by atoms with Crippen LogP contribution in [0.3, 0.4) is 0 Å². The largest absolute Gasteiger partial charge is 0.121 e. The van der Waals surface area contributed by atoms with Crippen LogP contribution in [0, 0.1) is 23.7 Å². The first-order valence-electron chi connectivity index (χ1n) is 10.6. The van der Waals surface area contributed by atoms with E-state index in [-0.39, 0.29) is 0 Å². The van der Waals surface area contributed by atoms with Crippen molar-refractivity contribution < 1.29 is 0 Å². The van der Waals surface area contributed by atoms with Crippen molar-refractivity contribution in [2.24, 2.45) is 0 Å². The average molecular weight is 615 g/mol. The van der Waals surface area contributed by atoms with Crippen LogP contribution in [-0.2, 0) is 0 Å². The summed E-state index contributed by atoms with van der Waals surface area (Å²) < 4.78 is 8.16. The SMILES string of the molecule is CSC1=C(SC)SC(=Cc2cccc(C#CC#Cc3cccc(C=C4SC(SC)=C(SC)S4)c3)c2)S1. The smallest absolute Gasteiger partial charge is 0.0657 e. The standard InChI is InChI=1S/C28H22S8/c1-29-25-26(30-2)34-23(33-25)17-21-13-7-11-19(15-21)9-5-6-10-20-12-8-14-22(16-20)18-24-35-27(31-3)28(32-4)36-24/h7-8,11-18H,1-4H3. The van der Waals surface area contributed by atoms with E-state index in [9.17, 15) is 0 Å². The Morgan fingerprint density at radius 1 is 0.556 bits per heavy atom. The molecule has 8 heteroatoms. The zero-order valence-corrected chi connectivity index (χ0v) is 26.6. The highest BCUT2D eigenvalue weighted by atomic mass is 32.3. The molecule has 0 saturated carbocycles. The molecular formula is C28H22S8. The first kappa shape index (κ1) is 28.3. The fourth-order valence-electron chi connectivity index (χ4n) is 3.08. The molecule has 2 aliphatic rings. The zero-order valence-electron chi connectivity index (χ0n) is 20.0. The van der Waals surface area contributed by atoms with E-state index in [0.29, 0.717) is 0 Å².